The summed E-state index contributed by atoms with van der Waals surface area (Å²) in [4.78, 5) is 4.32. The maximum absolute atomic E-state index is 13.3. The zero-order valence-electron chi connectivity index (χ0n) is 11.0. The Morgan fingerprint density at radius 1 is 1.32 bits per heavy atom. The molecule has 0 aliphatic heterocycles. The molecule has 102 valence electrons. The molecule has 1 unspecified atom stereocenters. The summed E-state index contributed by atoms with van der Waals surface area (Å²) >= 11 is 0. The molecule has 1 heterocycles. The van der Waals surface area contributed by atoms with E-state index >= 15 is 0 Å². The van der Waals surface area contributed by atoms with Crippen LogP contribution in [0.3, 0.4) is 0 Å². The van der Waals surface area contributed by atoms with Crippen molar-refractivity contribution >= 4 is 0 Å². The molecule has 0 saturated heterocycles. The highest BCUT2D eigenvalue weighted by Gasteiger charge is 2.18. The number of aromatic nitrogens is 2. The molecule has 0 aliphatic rings. The van der Waals surface area contributed by atoms with Crippen LogP contribution in [-0.4, -0.2) is 16.6 Å². The van der Waals surface area contributed by atoms with E-state index < -0.39 is 11.6 Å². The van der Waals surface area contributed by atoms with E-state index in [0.717, 1.165) is 24.9 Å². The molecule has 1 atom stereocenters. The van der Waals surface area contributed by atoms with Gasteiger partial charge in [-0.1, -0.05) is 13.0 Å². The topological polar surface area (TPSA) is 29.9 Å². The molecule has 0 saturated carbocycles. The first kappa shape index (κ1) is 13.7. The standard InChI is InChI=1S/C14H17F2N3/c1-3-7-19-8-6-18-14(19)13(17-2)10-4-5-11(15)12(16)9-10/h4-6,8-9,13,17H,3,7H2,1-2H3. The molecule has 5 heteroatoms. The lowest BCUT2D eigenvalue weighted by atomic mass is 10.1. The van der Waals surface area contributed by atoms with Crippen molar-refractivity contribution < 1.29 is 8.78 Å². The van der Waals surface area contributed by atoms with Crippen molar-refractivity contribution in [2.75, 3.05) is 7.05 Å². The molecule has 0 spiro atoms. The van der Waals surface area contributed by atoms with Crippen LogP contribution in [0.2, 0.25) is 0 Å². The fourth-order valence-electron chi connectivity index (χ4n) is 2.15. The van der Waals surface area contributed by atoms with Gasteiger partial charge in [-0.3, -0.25) is 0 Å². The van der Waals surface area contributed by atoms with Crippen LogP contribution < -0.4 is 5.32 Å². The van der Waals surface area contributed by atoms with Crippen molar-refractivity contribution in [3.8, 4) is 0 Å². The molecule has 2 aromatic rings. The van der Waals surface area contributed by atoms with E-state index in [1.54, 1.807) is 19.3 Å². The molecule has 0 amide bonds. The minimum atomic E-state index is -0.841. The Labute approximate surface area is 111 Å². The Hall–Kier alpha value is -1.75. The normalized spacial score (nSPS) is 12.6. The van der Waals surface area contributed by atoms with E-state index in [9.17, 15) is 8.78 Å². The van der Waals surface area contributed by atoms with Crippen LogP contribution in [0, 0.1) is 11.6 Å². The number of hydrogen-bond donors (Lipinski definition) is 1. The molecule has 1 aromatic heterocycles. The molecule has 0 bridgehead atoms. The van der Waals surface area contributed by atoms with Crippen molar-refractivity contribution in [1.29, 1.82) is 0 Å². The first-order valence-corrected chi connectivity index (χ1v) is 6.30. The van der Waals surface area contributed by atoms with E-state index in [0.29, 0.717) is 5.56 Å². The van der Waals surface area contributed by atoms with Gasteiger partial charge in [-0.25, -0.2) is 13.8 Å². The SMILES string of the molecule is CCCn1ccnc1C(NC)c1ccc(F)c(F)c1. The van der Waals surface area contributed by atoms with Gasteiger partial charge in [0.05, 0.1) is 6.04 Å². The maximum Gasteiger partial charge on any atom is 0.159 e. The second-order valence-electron chi connectivity index (χ2n) is 4.37. The molecule has 0 fully saturated rings. The quantitative estimate of drug-likeness (QED) is 0.901. The molecular formula is C14H17F2N3. The Morgan fingerprint density at radius 3 is 2.74 bits per heavy atom. The van der Waals surface area contributed by atoms with Gasteiger partial charge < -0.3 is 9.88 Å². The van der Waals surface area contributed by atoms with Gasteiger partial charge in [-0.05, 0) is 31.2 Å². The lowest BCUT2D eigenvalue weighted by molar-refractivity contribution is 0.502. The third-order valence-electron chi connectivity index (χ3n) is 3.04. The van der Waals surface area contributed by atoms with Crippen LogP contribution in [-0.2, 0) is 6.54 Å². The van der Waals surface area contributed by atoms with E-state index in [-0.39, 0.29) is 6.04 Å². The first-order chi connectivity index (χ1) is 9.17. The number of benzene rings is 1. The minimum absolute atomic E-state index is 0.253. The third-order valence-corrected chi connectivity index (χ3v) is 3.04. The second kappa shape index (κ2) is 5.93. The van der Waals surface area contributed by atoms with Crippen molar-refractivity contribution in [3.05, 3.63) is 53.6 Å². The van der Waals surface area contributed by atoms with Crippen molar-refractivity contribution in [3.63, 3.8) is 0 Å². The average Bonchev–Trinajstić information content (AvgIpc) is 2.83. The number of nitrogens with one attached hydrogen (secondary N) is 1. The lowest BCUT2D eigenvalue weighted by Crippen LogP contribution is -2.22. The van der Waals surface area contributed by atoms with Crippen LogP contribution in [0.1, 0.15) is 30.8 Å². The molecule has 1 N–H and O–H groups in total. The van der Waals surface area contributed by atoms with Crippen molar-refractivity contribution in [2.24, 2.45) is 0 Å². The monoisotopic (exact) mass is 265 g/mol. The largest absolute Gasteiger partial charge is 0.333 e. The Bertz CT molecular complexity index is 551. The summed E-state index contributed by atoms with van der Waals surface area (Å²) in [6, 6.07) is 3.67. The lowest BCUT2D eigenvalue weighted by Gasteiger charge is -2.18. The van der Waals surface area contributed by atoms with Gasteiger partial charge in [0, 0.05) is 18.9 Å². The molecule has 0 aliphatic carbocycles. The number of nitrogens with zero attached hydrogens (tertiary/aromatic N) is 2. The fraction of sp³-hybridized carbons (Fsp3) is 0.357. The Morgan fingerprint density at radius 2 is 2.11 bits per heavy atom. The van der Waals surface area contributed by atoms with E-state index in [1.165, 1.54) is 6.07 Å². The van der Waals surface area contributed by atoms with Crippen LogP contribution in [0.4, 0.5) is 8.78 Å². The summed E-state index contributed by atoms with van der Waals surface area (Å²) in [5.41, 5.74) is 0.657. The third kappa shape index (κ3) is 2.81. The van der Waals surface area contributed by atoms with Gasteiger partial charge in [0.1, 0.15) is 5.82 Å². The summed E-state index contributed by atoms with van der Waals surface area (Å²) in [5.74, 6) is -0.878. The number of imidazole rings is 1. The van der Waals surface area contributed by atoms with Gasteiger partial charge in [0.15, 0.2) is 11.6 Å². The number of rotatable bonds is 5. The van der Waals surface area contributed by atoms with E-state index in [1.807, 2.05) is 10.8 Å². The van der Waals surface area contributed by atoms with Gasteiger partial charge in [-0.2, -0.15) is 0 Å². The highest BCUT2D eigenvalue weighted by atomic mass is 19.2. The zero-order valence-corrected chi connectivity index (χ0v) is 11.0. The molecule has 2 rings (SSSR count). The van der Waals surface area contributed by atoms with Crippen molar-refractivity contribution in [1.82, 2.24) is 14.9 Å². The summed E-state index contributed by atoms with van der Waals surface area (Å²) in [6.45, 7) is 2.92. The van der Waals surface area contributed by atoms with Gasteiger partial charge in [0.2, 0.25) is 0 Å². The highest BCUT2D eigenvalue weighted by Crippen LogP contribution is 2.22. The number of halogens is 2. The predicted octanol–water partition coefficient (Wildman–Crippen LogP) is 2.88. The summed E-state index contributed by atoms with van der Waals surface area (Å²) in [7, 11) is 1.77. The predicted molar refractivity (Wildman–Crippen MR) is 69.8 cm³/mol. The Balaban J connectivity index is 2.38. The van der Waals surface area contributed by atoms with Crippen molar-refractivity contribution in [2.45, 2.75) is 25.9 Å². The van der Waals surface area contributed by atoms with Crippen LogP contribution >= 0.6 is 0 Å². The van der Waals surface area contributed by atoms with Crippen LogP contribution in [0.5, 0.6) is 0 Å². The summed E-state index contributed by atoms with van der Waals surface area (Å²) < 4.78 is 28.3. The number of aryl methyl sites for hydroxylation is 1. The number of hydrogen-bond acceptors (Lipinski definition) is 2. The van der Waals surface area contributed by atoms with Crippen LogP contribution in [0.25, 0.3) is 0 Å². The van der Waals surface area contributed by atoms with E-state index in [4.69, 9.17) is 0 Å². The molecule has 3 nitrogen and oxygen atoms in total. The van der Waals surface area contributed by atoms with E-state index in [2.05, 4.69) is 17.2 Å². The molecule has 0 radical (unpaired) electrons. The maximum atomic E-state index is 13.3. The fourth-order valence-corrected chi connectivity index (χ4v) is 2.15. The Kier molecular flexibility index (Phi) is 4.27. The average molecular weight is 265 g/mol. The highest BCUT2D eigenvalue weighted by molar-refractivity contribution is 5.26. The van der Waals surface area contributed by atoms with Gasteiger partial charge in [0.25, 0.3) is 0 Å². The molecular weight excluding hydrogens is 248 g/mol. The summed E-state index contributed by atoms with van der Waals surface area (Å²) in [5, 5.41) is 3.09. The molecule has 1 aromatic carbocycles. The summed E-state index contributed by atoms with van der Waals surface area (Å²) in [6.07, 6.45) is 4.59. The second-order valence-corrected chi connectivity index (χ2v) is 4.37. The first-order valence-electron chi connectivity index (χ1n) is 6.30. The minimum Gasteiger partial charge on any atom is -0.333 e. The van der Waals surface area contributed by atoms with Gasteiger partial charge >= 0.3 is 0 Å². The zero-order chi connectivity index (χ0) is 13.8. The smallest absolute Gasteiger partial charge is 0.159 e. The van der Waals surface area contributed by atoms with Crippen LogP contribution in [0.15, 0.2) is 30.6 Å². The van der Waals surface area contributed by atoms with Gasteiger partial charge in [-0.15, -0.1) is 0 Å². The molecule has 19 heavy (non-hydrogen) atoms.